The molecule has 0 aliphatic heterocycles. The number of nitrogens with zero attached hydrogens (tertiary/aromatic N) is 2. The smallest absolute Gasteiger partial charge is 0.311 e. The first-order valence-corrected chi connectivity index (χ1v) is 5.36. The van der Waals surface area contributed by atoms with E-state index >= 15 is 0 Å². The summed E-state index contributed by atoms with van der Waals surface area (Å²) >= 11 is 0. The normalized spacial score (nSPS) is 16.9. The first-order valence-electron chi connectivity index (χ1n) is 5.36. The van der Waals surface area contributed by atoms with Crippen LogP contribution in [0.1, 0.15) is 25.5 Å². The van der Waals surface area contributed by atoms with Gasteiger partial charge in [-0.25, -0.2) is 4.98 Å². The summed E-state index contributed by atoms with van der Waals surface area (Å²) < 4.78 is 0. The molecule has 1 aliphatic carbocycles. The van der Waals surface area contributed by atoms with Crippen molar-refractivity contribution in [2.75, 3.05) is 11.9 Å². The molecule has 86 valence electrons. The predicted molar refractivity (Wildman–Crippen MR) is 61.5 cm³/mol. The Bertz CT molecular complexity index is 427. The van der Waals surface area contributed by atoms with Crippen LogP contribution < -0.4 is 5.32 Å². The largest absolute Gasteiger partial charge is 0.364 e. The van der Waals surface area contributed by atoms with E-state index in [0.29, 0.717) is 11.2 Å². The maximum Gasteiger partial charge on any atom is 0.311 e. The highest BCUT2D eigenvalue weighted by Gasteiger charge is 2.37. The van der Waals surface area contributed by atoms with Crippen molar-refractivity contribution in [3.63, 3.8) is 0 Å². The summed E-state index contributed by atoms with van der Waals surface area (Å²) in [5.74, 6) is 0.387. The van der Waals surface area contributed by atoms with Gasteiger partial charge in [-0.3, -0.25) is 10.1 Å². The van der Waals surface area contributed by atoms with Crippen LogP contribution in [0.5, 0.6) is 0 Å². The molecule has 0 aromatic carbocycles. The van der Waals surface area contributed by atoms with Gasteiger partial charge >= 0.3 is 5.69 Å². The third-order valence-electron chi connectivity index (χ3n) is 3.00. The summed E-state index contributed by atoms with van der Waals surface area (Å²) in [5, 5.41) is 13.9. The van der Waals surface area contributed by atoms with Crippen molar-refractivity contribution in [3.8, 4) is 0 Å². The number of anilines is 1. The zero-order valence-corrected chi connectivity index (χ0v) is 9.49. The van der Waals surface area contributed by atoms with E-state index in [1.54, 1.807) is 6.07 Å². The van der Waals surface area contributed by atoms with Gasteiger partial charge < -0.3 is 5.32 Å². The first-order chi connectivity index (χ1) is 7.50. The number of hydrogen-bond acceptors (Lipinski definition) is 4. The Kier molecular flexibility index (Phi) is 2.53. The lowest BCUT2D eigenvalue weighted by Gasteiger charge is -2.11. The topological polar surface area (TPSA) is 68.1 Å². The van der Waals surface area contributed by atoms with Crippen LogP contribution >= 0.6 is 0 Å². The van der Waals surface area contributed by atoms with Crippen LogP contribution in [0.25, 0.3) is 0 Å². The average molecular weight is 221 g/mol. The third kappa shape index (κ3) is 2.29. The molecule has 0 atom stereocenters. The van der Waals surface area contributed by atoms with E-state index in [2.05, 4.69) is 17.2 Å². The van der Waals surface area contributed by atoms with E-state index in [4.69, 9.17) is 0 Å². The van der Waals surface area contributed by atoms with Crippen molar-refractivity contribution in [2.45, 2.75) is 26.7 Å². The zero-order chi connectivity index (χ0) is 11.8. The van der Waals surface area contributed by atoms with Gasteiger partial charge in [0.25, 0.3) is 0 Å². The van der Waals surface area contributed by atoms with Crippen LogP contribution in [-0.4, -0.2) is 16.5 Å². The van der Waals surface area contributed by atoms with Crippen LogP contribution in [0.3, 0.4) is 0 Å². The molecule has 0 radical (unpaired) electrons. The van der Waals surface area contributed by atoms with Crippen molar-refractivity contribution in [2.24, 2.45) is 5.41 Å². The second kappa shape index (κ2) is 3.73. The molecule has 5 heteroatoms. The minimum absolute atomic E-state index is 0.0508. The second-order valence-corrected chi connectivity index (χ2v) is 4.74. The molecular weight excluding hydrogens is 206 g/mol. The molecule has 0 spiro atoms. The second-order valence-electron chi connectivity index (χ2n) is 4.74. The molecule has 1 heterocycles. The van der Waals surface area contributed by atoms with Crippen molar-refractivity contribution >= 4 is 11.5 Å². The Labute approximate surface area is 94.0 Å². The highest BCUT2D eigenvalue weighted by atomic mass is 16.6. The van der Waals surface area contributed by atoms with Gasteiger partial charge in [0.1, 0.15) is 0 Å². The van der Waals surface area contributed by atoms with E-state index < -0.39 is 4.92 Å². The monoisotopic (exact) mass is 221 g/mol. The average Bonchev–Trinajstić information content (AvgIpc) is 2.94. The number of nitro groups is 1. The Balaban J connectivity index is 2.16. The first kappa shape index (κ1) is 10.9. The highest BCUT2D eigenvalue weighted by molar-refractivity contribution is 5.56. The summed E-state index contributed by atoms with van der Waals surface area (Å²) in [6.45, 7) is 4.75. The van der Waals surface area contributed by atoms with E-state index in [1.807, 2.05) is 6.92 Å². The number of nitrogens with one attached hydrogen (secondary N) is 1. The number of pyridine rings is 1. The van der Waals surface area contributed by atoms with Crippen LogP contribution in [0.4, 0.5) is 11.5 Å². The van der Waals surface area contributed by atoms with Crippen molar-refractivity contribution < 1.29 is 4.92 Å². The lowest BCUT2D eigenvalue weighted by Crippen LogP contribution is -2.14. The molecule has 0 amide bonds. The number of rotatable bonds is 4. The quantitative estimate of drug-likeness (QED) is 0.626. The molecule has 16 heavy (non-hydrogen) atoms. The van der Waals surface area contributed by atoms with Crippen molar-refractivity contribution in [1.29, 1.82) is 0 Å². The summed E-state index contributed by atoms with van der Waals surface area (Å²) in [7, 11) is 0. The maximum atomic E-state index is 10.8. The highest BCUT2D eigenvalue weighted by Crippen LogP contribution is 2.45. The molecule has 1 saturated carbocycles. The fourth-order valence-corrected chi connectivity index (χ4v) is 1.51. The fraction of sp³-hybridized carbons (Fsp3) is 0.545. The van der Waals surface area contributed by atoms with Gasteiger partial charge in [-0.1, -0.05) is 6.92 Å². The minimum atomic E-state index is -0.399. The molecule has 0 bridgehead atoms. The van der Waals surface area contributed by atoms with Crippen LogP contribution in [0.2, 0.25) is 0 Å². The summed E-state index contributed by atoms with van der Waals surface area (Å²) in [6.07, 6.45) is 2.36. The van der Waals surface area contributed by atoms with Gasteiger partial charge in [0, 0.05) is 18.3 Å². The van der Waals surface area contributed by atoms with Gasteiger partial charge in [-0.05, 0) is 31.2 Å². The van der Waals surface area contributed by atoms with E-state index in [0.717, 1.165) is 12.2 Å². The zero-order valence-electron chi connectivity index (χ0n) is 9.49. The molecular formula is C11H15N3O2. The lowest BCUT2D eigenvalue weighted by molar-refractivity contribution is -0.384. The molecule has 0 unspecified atom stereocenters. The molecule has 0 saturated heterocycles. The van der Waals surface area contributed by atoms with E-state index in [1.165, 1.54) is 18.9 Å². The molecule has 1 aromatic rings. The number of aromatic nitrogens is 1. The summed E-state index contributed by atoms with van der Waals surface area (Å²) in [6, 6.07) is 3.15. The van der Waals surface area contributed by atoms with Crippen LogP contribution in [0, 0.1) is 22.5 Å². The predicted octanol–water partition coefficient (Wildman–Crippen LogP) is 2.51. The Morgan fingerprint density at radius 3 is 2.81 bits per heavy atom. The van der Waals surface area contributed by atoms with Gasteiger partial charge in [-0.15, -0.1) is 0 Å². The molecule has 5 nitrogen and oxygen atoms in total. The fourth-order valence-electron chi connectivity index (χ4n) is 1.51. The van der Waals surface area contributed by atoms with Gasteiger partial charge in [0.2, 0.25) is 5.82 Å². The molecule has 1 N–H and O–H groups in total. The van der Waals surface area contributed by atoms with Crippen LogP contribution in [0.15, 0.2) is 12.1 Å². The Hall–Kier alpha value is -1.65. The lowest BCUT2D eigenvalue weighted by atomic mass is 10.1. The maximum absolute atomic E-state index is 10.8. The summed E-state index contributed by atoms with van der Waals surface area (Å²) in [5.41, 5.74) is 1.14. The van der Waals surface area contributed by atoms with Crippen molar-refractivity contribution in [3.05, 3.63) is 27.9 Å². The van der Waals surface area contributed by atoms with Gasteiger partial charge in [0.15, 0.2) is 0 Å². The Morgan fingerprint density at radius 1 is 1.56 bits per heavy atom. The van der Waals surface area contributed by atoms with E-state index in [-0.39, 0.29) is 5.69 Å². The molecule has 1 aromatic heterocycles. The molecule has 1 aliphatic rings. The summed E-state index contributed by atoms with van der Waals surface area (Å²) in [4.78, 5) is 14.6. The number of hydrogen-bond donors (Lipinski definition) is 1. The van der Waals surface area contributed by atoms with Gasteiger partial charge in [0.05, 0.1) is 4.92 Å². The molecule has 2 rings (SSSR count). The standard InChI is InChI=1S/C11H15N3O2/c1-8-3-4-9(14(15)16)10(13-8)12-7-11(2)5-6-11/h3-4H,5-7H2,1-2H3,(H,12,13). The van der Waals surface area contributed by atoms with Crippen molar-refractivity contribution in [1.82, 2.24) is 4.98 Å². The SMILES string of the molecule is Cc1ccc([N+](=O)[O-])c(NCC2(C)CC2)n1. The van der Waals surface area contributed by atoms with Crippen LogP contribution in [-0.2, 0) is 0 Å². The third-order valence-corrected chi connectivity index (χ3v) is 3.00. The number of aryl methyl sites for hydroxylation is 1. The van der Waals surface area contributed by atoms with Gasteiger partial charge in [-0.2, -0.15) is 0 Å². The minimum Gasteiger partial charge on any atom is -0.364 e. The van der Waals surface area contributed by atoms with E-state index in [9.17, 15) is 10.1 Å². The molecule has 1 fully saturated rings. The Morgan fingerprint density at radius 2 is 2.25 bits per heavy atom.